The Bertz CT molecular complexity index is 1770. The SMILES string of the molecule is Cc1ccc(-c2cc(-c3ccccc3)c(C#N)c(S[C@@H](C)C(=O)Nc3ccc(C(=O)/C=C/c4cccs4)cc3)n2)cc1. The van der Waals surface area contributed by atoms with Crippen molar-refractivity contribution >= 4 is 46.6 Å². The lowest BCUT2D eigenvalue weighted by Gasteiger charge is -2.16. The molecule has 0 radical (unpaired) electrons. The number of allylic oxidation sites excluding steroid dienone is 1. The zero-order valence-electron chi connectivity index (χ0n) is 23.1. The summed E-state index contributed by atoms with van der Waals surface area (Å²) < 4.78 is 0. The first-order valence-electron chi connectivity index (χ1n) is 13.3. The van der Waals surface area contributed by atoms with Crippen molar-refractivity contribution in [3.05, 3.63) is 130 Å². The number of nitriles is 1. The maximum Gasteiger partial charge on any atom is 0.237 e. The van der Waals surface area contributed by atoms with Gasteiger partial charge in [-0.2, -0.15) is 5.26 Å². The van der Waals surface area contributed by atoms with Crippen LogP contribution >= 0.6 is 23.1 Å². The molecule has 1 amide bonds. The van der Waals surface area contributed by atoms with Crippen molar-refractivity contribution in [1.82, 2.24) is 4.98 Å². The highest BCUT2D eigenvalue weighted by Crippen LogP contribution is 2.36. The summed E-state index contributed by atoms with van der Waals surface area (Å²) in [7, 11) is 0. The number of aryl methyl sites for hydroxylation is 1. The highest BCUT2D eigenvalue weighted by Gasteiger charge is 2.21. The lowest BCUT2D eigenvalue weighted by molar-refractivity contribution is -0.115. The number of aromatic nitrogens is 1. The van der Waals surface area contributed by atoms with Gasteiger partial charge in [-0.05, 0) is 73.3 Å². The molecule has 0 aliphatic carbocycles. The van der Waals surface area contributed by atoms with Crippen molar-refractivity contribution in [2.75, 3.05) is 5.32 Å². The lowest BCUT2D eigenvalue weighted by Crippen LogP contribution is -2.22. The van der Waals surface area contributed by atoms with E-state index in [1.165, 1.54) is 11.8 Å². The van der Waals surface area contributed by atoms with Gasteiger partial charge in [0.2, 0.25) is 5.91 Å². The molecule has 3 aromatic carbocycles. The van der Waals surface area contributed by atoms with Crippen LogP contribution in [0.1, 0.15) is 33.3 Å². The number of carbonyl (C=O) groups excluding carboxylic acids is 2. The molecule has 0 saturated carbocycles. The monoisotopic (exact) mass is 585 g/mol. The molecule has 0 aliphatic rings. The van der Waals surface area contributed by atoms with E-state index in [4.69, 9.17) is 4.98 Å². The summed E-state index contributed by atoms with van der Waals surface area (Å²) >= 11 is 2.81. The molecule has 206 valence electrons. The van der Waals surface area contributed by atoms with Crippen molar-refractivity contribution in [3.8, 4) is 28.5 Å². The number of pyridine rings is 1. The van der Waals surface area contributed by atoms with E-state index < -0.39 is 5.25 Å². The standard InChI is InChI=1S/C35H27N3O2S2/c1-23-10-12-26(13-11-23)32-21-30(25-7-4-3-5-8-25)31(22-36)35(38-32)42-24(2)34(40)37-28-16-14-27(15-17-28)33(39)19-18-29-9-6-20-41-29/h3-21,24H,1-2H3,(H,37,40)/b19-18+/t24-/m0/s1. The molecule has 1 N–H and O–H groups in total. The zero-order valence-corrected chi connectivity index (χ0v) is 24.7. The Morgan fingerprint density at radius 1 is 0.952 bits per heavy atom. The lowest BCUT2D eigenvalue weighted by atomic mass is 9.99. The molecule has 0 saturated heterocycles. The second kappa shape index (κ2) is 13.3. The molecule has 5 nitrogen and oxygen atoms in total. The number of hydrogen-bond donors (Lipinski definition) is 1. The summed E-state index contributed by atoms with van der Waals surface area (Å²) in [5.41, 5.74) is 6.03. The number of benzene rings is 3. The van der Waals surface area contributed by atoms with Crippen LogP contribution in [0.25, 0.3) is 28.5 Å². The molecule has 0 bridgehead atoms. The van der Waals surface area contributed by atoms with E-state index in [2.05, 4.69) is 11.4 Å². The minimum atomic E-state index is -0.545. The average Bonchev–Trinajstić information content (AvgIpc) is 3.54. The van der Waals surface area contributed by atoms with Gasteiger partial charge in [-0.25, -0.2) is 4.98 Å². The third-order valence-corrected chi connectivity index (χ3v) is 8.49. The van der Waals surface area contributed by atoms with Gasteiger partial charge in [0, 0.05) is 27.3 Å². The van der Waals surface area contributed by atoms with E-state index in [0.29, 0.717) is 21.8 Å². The van der Waals surface area contributed by atoms with E-state index in [9.17, 15) is 14.9 Å². The largest absolute Gasteiger partial charge is 0.325 e. The Balaban J connectivity index is 1.35. The van der Waals surface area contributed by atoms with Crippen LogP contribution in [0.5, 0.6) is 0 Å². The Morgan fingerprint density at radius 3 is 2.36 bits per heavy atom. The first-order chi connectivity index (χ1) is 20.4. The van der Waals surface area contributed by atoms with Crippen LogP contribution < -0.4 is 5.32 Å². The van der Waals surface area contributed by atoms with E-state index >= 15 is 0 Å². The molecule has 2 aromatic heterocycles. The number of nitrogens with zero attached hydrogens (tertiary/aromatic N) is 2. The summed E-state index contributed by atoms with van der Waals surface area (Å²) in [5, 5.41) is 15.0. The Kier molecular flexibility index (Phi) is 9.08. The van der Waals surface area contributed by atoms with Crippen LogP contribution in [-0.2, 0) is 4.79 Å². The van der Waals surface area contributed by atoms with Crippen molar-refractivity contribution in [1.29, 1.82) is 5.26 Å². The van der Waals surface area contributed by atoms with E-state index in [1.807, 2.05) is 85.1 Å². The van der Waals surface area contributed by atoms with Crippen LogP contribution in [-0.4, -0.2) is 21.9 Å². The van der Waals surface area contributed by atoms with E-state index in [-0.39, 0.29) is 11.7 Å². The minimum Gasteiger partial charge on any atom is -0.325 e. The van der Waals surface area contributed by atoms with Gasteiger partial charge in [-0.15, -0.1) is 11.3 Å². The normalized spacial score (nSPS) is 11.6. The fourth-order valence-electron chi connectivity index (χ4n) is 4.26. The number of nitrogens with one attached hydrogen (secondary N) is 1. The Hall–Kier alpha value is -4.77. The molecular formula is C35H27N3O2S2. The maximum absolute atomic E-state index is 13.2. The molecule has 0 unspecified atom stereocenters. The van der Waals surface area contributed by atoms with Crippen LogP contribution in [0.15, 0.2) is 114 Å². The second-order valence-electron chi connectivity index (χ2n) is 9.62. The summed E-state index contributed by atoms with van der Waals surface area (Å²) in [6, 6.07) is 32.8. The molecule has 0 fully saturated rings. The third-order valence-electron chi connectivity index (χ3n) is 6.57. The molecule has 0 spiro atoms. The Morgan fingerprint density at radius 2 is 1.69 bits per heavy atom. The molecule has 7 heteroatoms. The van der Waals surface area contributed by atoms with Crippen LogP contribution in [0.2, 0.25) is 0 Å². The van der Waals surface area contributed by atoms with Crippen LogP contribution in [0.3, 0.4) is 0 Å². The van der Waals surface area contributed by atoms with Crippen molar-refractivity contribution < 1.29 is 9.59 Å². The van der Waals surface area contributed by atoms with Crippen molar-refractivity contribution in [2.24, 2.45) is 0 Å². The molecule has 1 atom stereocenters. The summed E-state index contributed by atoms with van der Waals surface area (Å²) in [5.74, 6) is -0.340. The molecular weight excluding hydrogens is 559 g/mol. The number of hydrogen-bond acceptors (Lipinski definition) is 6. The first kappa shape index (κ1) is 28.7. The van der Waals surface area contributed by atoms with Crippen molar-refractivity contribution in [2.45, 2.75) is 24.1 Å². The van der Waals surface area contributed by atoms with Gasteiger partial charge in [0.05, 0.1) is 16.5 Å². The topological polar surface area (TPSA) is 82.9 Å². The average molecular weight is 586 g/mol. The van der Waals surface area contributed by atoms with Crippen molar-refractivity contribution in [3.63, 3.8) is 0 Å². The number of anilines is 1. The number of amides is 1. The fourth-order valence-corrected chi connectivity index (χ4v) is 5.80. The van der Waals surface area contributed by atoms with Gasteiger partial charge in [0.1, 0.15) is 11.1 Å². The van der Waals surface area contributed by atoms with Gasteiger partial charge in [-0.3, -0.25) is 9.59 Å². The molecule has 42 heavy (non-hydrogen) atoms. The Labute approximate surface area is 253 Å². The van der Waals surface area contributed by atoms with Gasteiger partial charge in [0.15, 0.2) is 5.78 Å². The van der Waals surface area contributed by atoms with Gasteiger partial charge >= 0.3 is 0 Å². The number of thiophene rings is 1. The van der Waals surface area contributed by atoms with Crippen LogP contribution in [0, 0.1) is 18.3 Å². The third kappa shape index (κ3) is 6.92. The van der Waals surface area contributed by atoms with E-state index in [1.54, 1.807) is 54.7 Å². The smallest absolute Gasteiger partial charge is 0.237 e. The van der Waals surface area contributed by atoms with Gasteiger partial charge in [0.25, 0.3) is 0 Å². The predicted molar refractivity (Wildman–Crippen MR) is 173 cm³/mol. The summed E-state index contributed by atoms with van der Waals surface area (Å²) in [4.78, 5) is 31.6. The number of thioether (sulfide) groups is 1. The fraction of sp³-hybridized carbons (Fsp3) is 0.0857. The van der Waals surface area contributed by atoms with E-state index in [0.717, 1.165) is 32.8 Å². The second-order valence-corrected chi connectivity index (χ2v) is 11.9. The number of rotatable bonds is 9. The highest BCUT2D eigenvalue weighted by molar-refractivity contribution is 8.00. The number of ketones is 1. The van der Waals surface area contributed by atoms with Crippen LogP contribution in [0.4, 0.5) is 5.69 Å². The molecule has 5 aromatic rings. The number of carbonyl (C=O) groups is 2. The summed E-state index contributed by atoms with van der Waals surface area (Å²) in [6.45, 7) is 3.82. The molecule has 0 aliphatic heterocycles. The quantitative estimate of drug-likeness (QED) is 0.106. The van der Waals surface area contributed by atoms with Gasteiger partial charge < -0.3 is 5.32 Å². The van der Waals surface area contributed by atoms with Gasteiger partial charge in [-0.1, -0.05) is 78.0 Å². The molecule has 5 rings (SSSR count). The summed E-state index contributed by atoms with van der Waals surface area (Å²) in [6.07, 6.45) is 3.34. The predicted octanol–water partition coefficient (Wildman–Crippen LogP) is 8.67. The first-order valence-corrected chi connectivity index (χ1v) is 15.1. The zero-order chi connectivity index (χ0) is 29.5. The highest BCUT2D eigenvalue weighted by atomic mass is 32.2. The maximum atomic E-state index is 13.2. The minimum absolute atomic E-state index is 0.108. The molecule has 2 heterocycles.